The summed E-state index contributed by atoms with van der Waals surface area (Å²) in [5.41, 5.74) is 4.52. The number of nitrogens with zero attached hydrogens (tertiary/aromatic N) is 1. The molecule has 3 aromatic rings. The van der Waals surface area contributed by atoms with Gasteiger partial charge in [0.05, 0.1) is 30.5 Å². The van der Waals surface area contributed by atoms with E-state index in [2.05, 4.69) is 26.5 Å². The van der Waals surface area contributed by atoms with Crippen LogP contribution in [-0.4, -0.2) is 25.8 Å². The van der Waals surface area contributed by atoms with Gasteiger partial charge in [0.2, 0.25) is 0 Å². The molecule has 3 rings (SSSR count). The molecule has 6 nitrogen and oxygen atoms in total. The average molecular weight is 518 g/mol. The third kappa shape index (κ3) is 6.24. The van der Waals surface area contributed by atoms with Gasteiger partial charge in [0, 0.05) is 4.47 Å². The quantitative estimate of drug-likeness (QED) is 0.285. The van der Waals surface area contributed by atoms with Gasteiger partial charge in [-0.25, -0.2) is 5.43 Å². The normalized spacial score (nSPS) is 10.8. The second-order valence-corrected chi connectivity index (χ2v) is 7.90. The van der Waals surface area contributed by atoms with Crippen LogP contribution in [0, 0.1) is 0 Å². The third-order valence-corrected chi connectivity index (χ3v) is 5.12. The molecule has 8 heteroatoms. The molecule has 0 aliphatic heterocycles. The molecule has 0 radical (unpaired) electrons. The van der Waals surface area contributed by atoms with Gasteiger partial charge in [-0.1, -0.05) is 57.9 Å². The number of benzene rings is 3. The SMILES string of the molecule is CCOc1cc(/C=N\NC(=O)c2cc(Br)ccc2OC)cc(Cl)c1OCc1ccccc1. The first-order chi connectivity index (χ1) is 15.5. The van der Waals surface area contributed by atoms with Gasteiger partial charge < -0.3 is 14.2 Å². The van der Waals surface area contributed by atoms with Gasteiger partial charge in [0.25, 0.3) is 5.91 Å². The molecular weight excluding hydrogens is 496 g/mol. The predicted molar refractivity (Wildman–Crippen MR) is 129 cm³/mol. The van der Waals surface area contributed by atoms with Crippen molar-refractivity contribution in [1.29, 1.82) is 0 Å². The summed E-state index contributed by atoms with van der Waals surface area (Å²) in [4.78, 5) is 12.5. The summed E-state index contributed by atoms with van der Waals surface area (Å²) in [7, 11) is 1.50. The van der Waals surface area contributed by atoms with E-state index in [9.17, 15) is 4.79 Å². The first kappa shape index (κ1) is 23.6. The van der Waals surface area contributed by atoms with Crippen LogP contribution in [0.15, 0.2) is 70.2 Å². The highest BCUT2D eigenvalue weighted by molar-refractivity contribution is 9.10. The lowest BCUT2D eigenvalue weighted by Crippen LogP contribution is -2.18. The summed E-state index contributed by atoms with van der Waals surface area (Å²) >= 11 is 9.80. The molecule has 0 atom stereocenters. The fraction of sp³-hybridized carbons (Fsp3) is 0.167. The molecule has 0 saturated carbocycles. The second kappa shape index (κ2) is 11.5. The lowest BCUT2D eigenvalue weighted by molar-refractivity contribution is 0.0952. The molecule has 0 aliphatic carbocycles. The van der Waals surface area contributed by atoms with E-state index in [0.29, 0.717) is 46.6 Å². The van der Waals surface area contributed by atoms with E-state index < -0.39 is 5.91 Å². The molecule has 1 amide bonds. The summed E-state index contributed by atoms with van der Waals surface area (Å²) in [6, 6.07) is 18.4. The summed E-state index contributed by atoms with van der Waals surface area (Å²) in [5, 5.41) is 4.42. The molecule has 0 saturated heterocycles. The summed E-state index contributed by atoms with van der Waals surface area (Å²) in [6.45, 7) is 2.68. The number of carbonyl (C=O) groups is 1. The van der Waals surface area contributed by atoms with Crippen LogP contribution in [0.2, 0.25) is 5.02 Å². The maximum Gasteiger partial charge on any atom is 0.275 e. The molecule has 0 bridgehead atoms. The highest BCUT2D eigenvalue weighted by atomic mass is 79.9. The van der Waals surface area contributed by atoms with Crippen molar-refractivity contribution in [2.24, 2.45) is 5.10 Å². The van der Waals surface area contributed by atoms with Gasteiger partial charge in [-0.2, -0.15) is 5.10 Å². The Morgan fingerprint density at radius 3 is 2.59 bits per heavy atom. The van der Waals surface area contributed by atoms with Crippen molar-refractivity contribution in [3.63, 3.8) is 0 Å². The van der Waals surface area contributed by atoms with E-state index in [4.69, 9.17) is 25.8 Å². The minimum atomic E-state index is -0.404. The number of carbonyl (C=O) groups excluding carboxylic acids is 1. The van der Waals surface area contributed by atoms with E-state index in [1.54, 1.807) is 30.3 Å². The fourth-order valence-electron chi connectivity index (χ4n) is 2.88. The Bertz CT molecular complexity index is 1110. The number of nitrogens with one attached hydrogen (secondary N) is 1. The van der Waals surface area contributed by atoms with Crippen LogP contribution in [0.1, 0.15) is 28.4 Å². The van der Waals surface area contributed by atoms with Crippen LogP contribution < -0.4 is 19.6 Å². The summed E-state index contributed by atoms with van der Waals surface area (Å²) in [6.07, 6.45) is 1.48. The Hall–Kier alpha value is -3.03. The maximum atomic E-state index is 12.5. The number of hydrogen-bond donors (Lipinski definition) is 1. The molecule has 0 aromatic heterocycles. The second-order valence-electron chi connectivity index (χ2n) is 6.58. The van der Waals surface area contributed by atoms with Crippen LogP contribution >= 0.6 is 27.5 Å². The highest BCUT2D eigenvalue weighted by Gasteiger charge is 2.14. The summed E-state index contributed by atoms with van der Waals surface area (Å²) in [5.74, 6) is 0.996. The zero-order valence-electron chi connectivity index (χ0n) is 17.6. The first-order valence-electron chi connectivity index (χ1n) is 9.81. The van der Waals surface area contributed by atoms with Crippen molar-refractivity contribution in [3.05, 3.63) is 86.8 Å². The predicted octanol–water partition coefficient (Wildman–Crippen LogP) is 5.85. The van der Waals surface area contributed by atoms with Crippen LogP contribution in [0.3, 0.4) is 0 Å². The number of amides is 1. The van der Waals surface area contributed by atoms with Gasteiger partial charge >= 0.3 is 0 Å². The van der Waals surface area contributed by atoms with Crippen LogP contribution in [0.4, 0.5) is 0 Å². The number of hydrogen-bond acceptors (Lipinski definition) is 5. The topological polar surface area (TPSA) is 69.2 Å². The number of methoxy groups -OCH3 is 1. The van der Waals surface area contributed by atoms with Crippen molar-refractivity contribution >= 4 is 39.7 Å². The van der Waals surface area contributed by atoms with Gasteiger partial charge in [-0.15, -0.1) is 0 Å². The monoisotopic (exact) mass is 516 g/mol. The first-order valence-corrected chi connectivity index (χ1v) is 11.0. The Kier molecular flexibility index (Phi) is 8.53. The Morgan fingerprint density at radius 2 is 1.88 bits per heavy atom. The number of halogens is 2. The lowest BCUT2D eigenvalue weighted by atomic mass is 10.2. The number of rotatable bonds is 9. The standard InChI is InChI=1S/C24H22BrClN2O4/c1-3-31-22-12-17(11-20(26)23(22)32-15-16-7-5-4-6-8-16)14-27-28-24(29)19-13-18(25)9-10-21(19)30-2/h4-14H,3,15H2,1-2H3,(H,28,29)/b27-14-. The molecule has 1 N–H and O–H groups in total. The Labute approximate surface area is 200 Å². The zero-order chi connectivity index (χ0) is 22.9. The van der Waals surface area contributed by atoms with Crippen molar-refractivity contribution in [2.75, 3.05) is 13.7 Å². The van der Waals surface area contributed by atoms with E-state index in [0.717, 1.165) is 10.0 Å². The smallest absolute Gasteiger partial charge is 0.275 e. The molecule has 0 aliphatic rings. The molecule has 0 unspecified atom stereocenters. The van der Waals surface area contributed by atoms with E-state index in [-0.39, 0.29) is 0 Å². The molecule has 32 heavy (non-hydrogen) atoms. The van der Waals surface area contributed by atoms with E-state index >= 15 is 0 Å². The van der Waals surface area contributed by atoms with Crippen molar-refractivity contribution in [3.8, 4) is 17.2 Å². The van der Waals surface area contributed by atoms with Gasteiger partial charge in [0.15, 0.2) is 11.5 Å². The van der Waals surface area contributed by atoms with Crippen molar-refractivity contribution < 1.29 is 19.0 Å². The van der Waals surface area contributed by atoms with Gasteiger partial charge in [-0.3, -0.25) is 4.79 Å². The van der Waals surface area contributed by atoms with Crippen LogP contribution in [0.25, 0.3) is 0 Å². The minimum absolute atomic E-state index is 0.358. The van der Waals surface area contributed by atoms with E-state index in [1.165, 1.54) is 13.3 Å². The molecule has 166 valence electrons. The summed E-state index contributed by atoms with van der Waals surface area (Å²) < 4.78 is 17.6. The maximum absolute atomic E-state index is 12.5. The largest absolute Gasteiger partial charge is 0.496 e. The van der Waals surface area contributed by atoms with E-state index in [1.807, 2.05) is 37.3 Å². The van der Waals surface area contributed by atoms with Crippen molar-refractivity contribution in [2.45, 2.75) is 13.5 Å². The average Bonchev–Trinajstić information content (AvgIpc) is 2.79. The Balaban J connectivity index is 1.74. The Morgan fingerprint density at radius 1 is 1.09 bits per heavy atom. The van der Waals surface area contributed by atoms with Gasteiger partial charge in [-0.05, 0) is 48.4 Å². The lowest BCUT2D eigenvalue weighted by Gasteiger charge is -2.14. The number of ether oxygens (including phenoxy) is 3. The highest BCUT2D eigenvalue weighted by Crippen LogP contribution is 2.37. The molecule has 3 aromatic carbocycles. The van der Waals surface area contributed by atoms with Gasteiger partial charge in [0.1, 0.15) is 12.4 Å². The molecule has 0 fully saturated rings. The van der Waals surface area contributed by atoms with Crippen molar-refractivity contribution in [1.82, 2.24) is 5.43 Å². The third-order valence-electron chi connectivity index (χ3n) is 4.34. The van der Waals surface area contributed by atoms with Crippen LogP contribution in [-0.2, 0) is 6.61 Å². The number of hydrazone groups is 1. The molecule has 0 spiro atoms. The molecular formula is C24H22BrClN2O4. The zero-order valence-corrected chi connectivity index (χ0v) is 19.9. The molecule has 0 heterocycles. The fourth-order valence-corrected chi connectivity index (χ4v) is 3.51. The minimum Gasteiger partial charge on any atom is -0.496 e. The van der Waals surface area contributed by atoms with Crippen LogP contribution in [0.5, 0.6) is 17.2 Å².